The molecule has 1 fully saturated rings. The Kier molecular flexibility index (Phi) is 5.19. The summed E-state index contributed by atoms with van der Waals surface area (Å²) < 4.78 is 5.21. The number of nitrogens with two attached hydrogens (primary N) is 1. The molecule has 2 heterocycles. The van der Waals surface area contributed by atoms with Crippen molar-refractivity contribution >= 4 is 45.5 Å². The van der Waals surface area contributed by atoms with E-state index in [1.54, 1.807) is 13.2 Å². The van der Waals surface area contributed by atoms with E-state index in [2.05, 4.69) is 10.2 Å². The summed E-state index contributed by atoms with van der Waals surface area (Å²) in [5.41, 5.74) is 8.49. The van der Waals surface area contributed by atoms with E-state index in [4.69, 9.17) is 33.7 Å². The zero-order valence-corrected chi connectivity index (χ0v) is 16.8. The maximum absolute atomic E-state index is 9.89. The summed E-state index contributed by atoms with van der Waals surface area (Å²) in [4.78, 5) is 2.03. The van der Waals surface area contributed by atoms with E-state index in [1.807, 2.05) is 29.2 Å². The molecule has 1 aromatic heterocycles. The van der Waals surface area contributed by atoms with Crippen LogP contribution in [-0.2, 0) is 6.42 Å². The van der Waals surface area contributed by atoms with Gasteiger partial charge in [0.2, 0.25) is 0 Å². The van der Waals surface area contributed by atoms with Gasteiger partial charge in [0.05, 0.1) is 34.6 Å². The second-order valence-electron chi connectivity index (χ2n) is 6.89. The number of halogens is 2. The van der Waals surface area contributed by atoms with Crippen LogP contribution in [0.1, 0.15) is 17.7 Å². The van der Waals surface area contributed by atoms with Crippen LogP contribution in [0, 0.1) is 0 Å². The lowest BCUT2D eigenvalue weighted by molar-refractivity contribution is 0.198. The predicted molar refractivity (Wildman–Crippen MR) is 113 cm³/mol. The van der Waals surface area contributed by atoms with Gasteiger partial charge in [-0.05, 0) is 36.2 Å². The van der Waals surface area contributed by atoms with Gasteiger partial charge in [0.25, 0.3) is 0 Å². The molecule has 0 spiro atoms. The highest BCUT2D eigenvalue weighted by molar-refractivity contribution is 6.35. The van der Waals surface area contributed by atoms with Crippen LogP contribution < -0.4 is 15.4 Å². The molecule has 4 rings (SSSR count). The summed E-state index contributed by atoms with van der Waals surface area (Å²) >= 11 is 12.6. The summed E-state index contributed by atoms with van der Waals surface area (Å²) in [5, 5.41) is 21.5. The first kappa shape index (κ1) is 19.1. The third-order valence-corrected chi connectivity index (χ3v) is 5.66. The highest BCUT2D eigenvalue weighted by atomic mass is 35.5. The lowest BCUT2D eigenvalue weighted by Crippen LogP contribution is -2.23. The topological polar surface area (TPSA) is 84.5 Å². The fourth-order valence-electron chi connectivity index (χ4n) is 3.61. The standard InChI is InChI=1S/C20H20Cl2N4O2/c1-28-17-5-2-11(8-15(17)22)9-16-18-13(3-4-14(21)19(18)23)20(25-24-16)26-7-6-12(27)10-26/h2-5,8,12,27H,6-7,9-10,23H2,1H3. The second kappa shape index (κ2) is 7.62. The van der Waals surface area contributed by atoms with Crippen molar-refractivity contribution < 1.29 is 9.84 Å². The Bertz CT molecular complexity index is 1040. The quantitative estimate of drug-likeness (QED) is 0.628. The number of hydrogen-bond acceptors (Lipinski definition) is 6. The molecule has 0 saturated carbocycles. The number of aliphatic hydroxyl groups excluding tert-OH is 1. The number of nitrogen functional groups attached to an aromatic ring is 1. The summed E-state index contributed by atoms with van der Waals surface area (Å²) in [6.07, 6.45) is 0.849. The number of methoxy groups -OCH3 is 1. The number of ether oxygens (including phenoxy) is 1. The summed E-state index contributed by atoms with van der Waals surface area (Å²) in [7, 11) is 1.58. The van der Waals surface area contributed by atoms with Crippen molar-refractivity contribution in [1.82, 2.24) is 10.2 Å². The van der Waals surface area contributed by atoms with Crippen molar-refractivity contribution in [3.63, 3.8) is 0 Å². The van der Waals surface area contributed by atoms with Crippen LogP contribution in [0.4, 0.5) is 11.5 Å². The van der Waals surface area contributed by atoms with Crippen LogP contribution in [0.2, 0.25) is 10.0 Å². The minimum Gasteiger partial charge on any atom is -0.495 e. The van der Waals surface area contributed by atoms with Crippen molar-refractivity contribution in [3.05, 3.63) is 51.6 Å². The lowest BCUT2D eigenvalue weighted by Gasteiger charge is -2.20. The van der Waals surface area contributed by atoms with Crippen LogP contribution in [0.5, 0.6) is 5.75 Å². The van der Waals surface area contributed by atoms with Gasteiger partial charge in [-0.25, -0.2) is 0 Å². The number of aliphatic hydroxyl groups is 1. The zero-order valence-electron chi connectivity index (χ0n) is 15.3. The molecule has 0 aliphatic carbocycles. The summed E-state index contributed by atoms with van der Waals surface area (Å²) in [5.74, 6) is 1.33. The number of benzene rings is 2. The largest absolute Gasteiger partial charge is 0.495 e. The molecule has 28 heavy (non-hydrogen) atoms. The molecule has 1 saturated heterocycles. The van der Waals surface area contributed by atoms with E-state index >= 15 is 0 Å². The van der Waals surface area contributed by atoms with Gasteiger partial charge in [0.15, 0.2) is 5.82 Å². The number of nitrogens with zero attached hydrogens (tertiary/aromatic N) is 3. The highest BCUT2D eigenvalue weighted by Gasteiger charge is 2.25. The van der Waals surface area contributed by atoms with Crippen molar-refractivity contribution in [3.8, 4) is 5.75 Å². The molecule has 6 nitrogen and oxygen atoms in total. The Hall–Kier alpha value is -2.28. The predicted octanol–water partition coefficient (Wildman–Crippen LogP) is 3.69. The molecule has 0 bridgehead atoms. The molecule has 1 aliphatic rings. The fourth-order valence-corrected chi connectivity index (χ4v) is 4.05. The summed E-state index contributed by atoms with van der Waals surface area (Å²) in [6.45, 7) is 1.25. The zero-order chi connectivity index (χ0) is 19.8. The van der Waals surface area contributed by atoms with Crippen molar-refractivity contribution in [2.45, 2.75) is 18.9 Å². The van der Waals surface area contributed by atoms with E-state index in [0.29, 0.717) is 46.7 Å². The first-order chi connectivity index (χ1) is 13.5. The van der Waals surface area contributed by atoms with E-state index in [-0.39, 0.29) is 6.10 Å². The molecule has 1 atom stereocenters. The summed E-state index contributed by atoms with van der Waals surface area (Å²) in [6, 6.07) is 9.28. The molecule has 8 heteroatoms. The van der Waals surface area contributed by atoms with Gasteiger partial charge >= 0.3 is 0 Å². The number of fused-ring (bicyclic) bond motifs is 1. The minimum absolute atomic E-state index is 0.359. The normalized spacial score (nSPS) is 16.7. The average Bonchev–Trinajstić information content (AvgIpc) is 3.11. The first-order valence-corrected chi connectivity index (χ1v) is 9.72. The van der Waals surface area contributed by atoms with E-state index < -0.39 is 0 Å². The fraction of sp³-hybridized carbons (Fsp3) is 0.300. The molecular formula is C20H20Cl2N4O2. The number of hydrogen-bond donors (Lipinski definition) is 2. The molecule has 0 radical (unpaired) electrons. The van der Waals surface area contributed by atoms with Crippen LogP contribution in [0.25, 0.3) is 10.8 Å². The molecular weight excluding hydrogens is 399 g/mol. The minimum atomic E-state index is -0.359. The van der Waals surface area contributed by atoms with Gasteiger partial charge < -0.3 is 20.5 Å². The smallest absolute Gasteiger partial charge is 0.159 e. The average molecular weight is 419 g/mol. The maximum atomic E-state index is 9.89. The molecule has 3 N–H and O–H groups in total. The van der Waals surface area contributed by atoms with Crippen LogP contribution in [0.3, 0.4) is 0 Å². The molecule has 146 valence electrons. The third-order valence-electron chi connectivity index (χ3n) is 5.04. The van der Waals surface area contributed by atoms with Crippen LogP contribution in [0.15, 0.2) is 30.3 Å². The molecule has 2 aromatic carbocycles. The lowest BCUT2D eigenvalue weighted by atomic mass is 10.0. The Balaban J connectivity index is 1.81. The van der Waals surface area contributed by atoms with Gasteiger partial charge in [0.1, 0.15) is 5.75 Å². The Morgan fingerprint density at radius 2 is 2.04 bits per heavy atom. The SMILES string of the molecule is COc1ccc(Cc2nnc(N3CCC(O)C3)c3ccc(Cl)c(N)c23)cc1Cl. The highest BCUT2D eigenvalue weighted by Crippen LogP contribution is 2.36. The number of anilines is 2. The van der Waals surface area contributed by atoms with E-state index in [9.17, 15) is 5.11 Å². The number of aromatic nitrogens is 2. The molecule has 0 amide bonds. The van der Waals surface area contributed by atoms with Crippen molar-refractivity contribution in [2.24, 2.45) is 0 Å². The van der Waals surface area contributed by atoms with Gasteiger partial charge in [-0.15, -0.1) is 5.10 Å². The van der Waals surface area contributed by atoms with E-state index in [1.165, 1.54) is 0 Å². The van der Waals surface area contributed by atoms with E-state index in [0.717, 1.165) is 28.6 Å². The Labute approximate surface area is 172 Å². The Morgan fingerprint density at radius 1 is 1.21 bits per heavy atom. The number of rotatable bonds is 4. The number of β-amino-alcohol motifs (C(OH)–C–C–N with tert-alkyl or cyclic N) is 1. The Morgan fingerprint density at radius 3 is 2.71 bits per heavy atom. The molecule has 1 aliphatic heterocycles. The maximum Gasteiger partial charge on any atom is 0.159 e. The molecule has 3 aromatic rings. The van der Waals surface area contributed by atoms with Crippen LogP contribution >= 0.6 is 23.2 Å². The molecule has 1 unspecified atom stereocenters. The van der Waals surface area contributed by atoms with Crippen molar-refractivity contribution in [1.29, 1.82) is 0 Å². The first-order valence-electron chi connectivity index (χ1n) is 8.96. The van der Waals surface area contributed by atoms with Gasteiger partial charge in [-0.2, -0.15) is 5.10 Å². The van der Waals surface area contributed by atoms with Gasteiger partial charge in [0, 0.05) is 30.3 Å². The van der Waals surface area contributed by atoms with Gasteiger partial charge in [-0.1, -0.05) is 29.3 Å². The second-order valence-corrected chi connectivity index (χ2v) is 7.70. The van der Waals surface area contributed by atoms with Gasteiger partial charge in [-0.3, -0.25) is 0 Å². The third kappa shape index (κ3) is 3.43. The van der Waals surface area contributed by atoms with Crippen LogP contribution in [-0.4, -0.2) is 41.6 Å². The monoisotopic (exact) mass is 418 g/mol. The van der Waals surface area contributed by atoms with Crippen molar-refractivity contribution in [2.75, 3.05) is 30.8 Å².